The molecule has 1 fully saturated rings. The zero-order valence-electron chi connectivity index (χ0n) is 11.6. The molecule has 0 spiro atoms. The van der Waals surface area contributed by atoms with E-state index in [9.17, 15) is 8.42 Å². The maximum atomic E-state index is 11.8. The molecule has 3 nitrogen and oxygen atoms in total. The van der Waals surface area contributed by atoms with Crippen LogP contribution >= 0.6 is 0 Å². The molecule has 20 heavy (non-hydrogen) atoms. The zero-order chi connectivity index (χ0) is 14.4. The number of allylic oxidation sites excluding steroid dienone is 1. The van der Waals surface area contributed by atoms with Crippen LogP contribution in [-0.2, 0) is 26.3 Å². The van der Waals surface area contributed by atoms with Gasteiger partial charge in [0.2, 0.25) is 0 Å². The summed E-state index contributed by atoms with van der Waals surface area (Å²) >= 11 is 0. The van der Waals surface area contributed by atoms with Crippen molar-refractivity contribution in [3.8, 4) is 0 Å². The second-order valence-electron chi connectivity index (χ2n) is 4.84. The van der Waals surface area contributed by atoms with Gasteiger partial charge in [0.15, 0.2) is 0 Å². The van der Waals surface area contributed by atoms with E-state index in [1.807, 2.05) is 37.3 Å². The van der Waals surface area contributed by atoms with Crippen LogP contribution < -0.4 is 0 Å². The van der Waals surface area contributed by atoms with Gasteiger partial charge in [-0.2, -0.15) is 0 Å². The van der Waals surface area contributed by atoms with Gasteiger partial charge in [0.1, 0.15) is 0 Å². The topological polar surface area (TPSA) is 43.4 Å². The first kappa shape index (κ1) is 15.4. The average Bonchev–Trinajstić information content (AvgIpc) is 2.47. The molecule has 0 saturated carbocycles. The molecular weight excluding hydrogens is 292 g/mol. The molecule has 5 heteroatoms. The fourth-order valence-electron chi connectivity index (χ4n) is 2.08. The van der Waals surface area contributed by atoms with Gasteiger partial charge in [-0.05, 0) is 24.5 Å². The van der Waals surface area contributed by atoms with Crippen molar-refractivity contribution >= 4 is 27.2 Å². The molecule has 2 rings (SSSR count). The van der Waals surface area contributed by atoms with Gasteiger partial charge in [0, 0.05) is 44.1 Å². The largest absolute Gasteiger partial charge is 0.501 e. The summed E-state index contributed by atoms with van der Waals surface area (Å²) in [5.74, 6) is 1.70. The third-order valence-electron chi connectivity index (χ3n) is 3.30. The van der Waals surface area contributed by atoms with E-state index in [-0.39, 0.29) is 5.25 Å². The number of hydrogen-bond donors (Lipinski definition) is 0. The van der Waals surface area contributed by atoms with E-state index in [1.54, 1.807) is 6.26 Å². The van der Waals surface area contributed by atoms with Crippen molar-refractivity contribution in [1.29, 1.82) is 0 Å². The standard InChI is InChI=1S/C15H20O3S2/c1-13(14-5-3-2-4-6-14)11-18-8-7-15-12-19(16)9-10-20(15)17/h2-6,11,15H,7-10,12H2,1H3/b13-11-. The highest BCUT2D eigenvalue weighted by Gasteiger charge is 2.24. The molecule has 0 aliphatic carbocycles. The van der Waals surface area contributed by atoms with Crippen LogP contribution in [0.4, 0.5) is 0 Å². The number of ether oxygens (including phenoxy) is 1. The van der Waals surface area contributed by atoms with Crippen LogP contribution in [0, 0.1) is 0 Å². The summed E-state index contributed by atoms with van der Waals surface area (Å²) in [5.41, 5.74) is 2.20. The van der Waals surface area contributed by atoms with Crippen molar-refractivity contribution in [3.63, 3.8) is 0 Å². The van der Waals surface area contributed by atoms with Crippen molar-refractivity contribution in [2.45, 2.75) is 18.6 Å². The molecule has 1 aliphatic rings. The zero-order valence-corrected chi connectivity index (χ0v) is 13.3. The number of hydrogen-bond acceptors (Lipinski definition) is 3. The fraction of sp³-hybridized carbons (Fsp3) is 0.467. The minimum Gasteiger partial charge on any atom is -0.501 e. The third-order valence-corrected chi connectivity index (χ3v) is 6.96. The lowest BCUT2D eigenvalue weighted by atomic mass is 10.1. The summed E-state index contributed by atoms with van der Waals surface area (Å²) in [6.07, 6.45) is 2.45. The van der Waals surface area contributed by atoms with Gasteiger partial charge < -0.3 is 4.74 Å². The van der Waals surface area contributed by atoms with Crippen LogP contribution in [-0.4, -0.2) is 37.5 Å². The molecule has 3 unspecified atom stereocenters. The lowest BCUT2D eigenvalue weighted by Gasteiger charge is -2.20. The molecule has 1 aromatic rings. The van der Waals surface area contributed by atoms with E-state index in [2.05, 4.69) is 0 Å². The summed E-state index contributed by atoms with van der Waals surface area (Å²) in [4.78, 5) is 0. The van der Waals surface area contributed by atoms with E-state index in [0.29, 0.717) is 30.3 Å². The normalized spacial score (nSPS) is 27.2. The molecule has 3 atom stereocenters. The molecule has 0 bridgehead atoms. The maximum absolute atomic E-state index is 11.8. The minimum atomic E-state index is -0.843. The van der Waals surface area contributed by atoms with Gasteiger partial charge in [-0.15, -0.1) is 0 Å². The first-order valence-electron chi connectivity index (χ1n) is 6.73. The SMILES string of the molecule is C/C(=C/OCCC1CS(=O)CCS1=O)c1ccccc1. The monoisotopic (exact) mass is 312 g/mol. The lowest BCUT2D eigenvalue weighted by Crippen LogP contribution is -2.34. The molecule has 0 radical (unpaired) electrons. The second kappa shape index (κ2) is 7.74. The Morgan fingerprint density at radius 3 is 2.80 bits per heavy atom. The van der Waals surface area contributed by atoms with Gasteiger partial charge in [-0.25, -0.2) is 0 Å². The molecule has 110 valence electrons. The molecule has 1 aromatic carbocycles. The van der Waals surface area contributed by atoms with Crippen molar-refractivity contribution < 1.29 is 13.2 Å². The summed E-state index contributed by atoms with van der Waals surface area (Å²) < 4.78 is 28.8. The second-order valence-corrected chi connectivity index (χ2v) is 8.30. The Morgan fingerprint density at radius 1 is 1.30 bits per heavy atom. The van der Waals surface area contributed by atoms with Crippen LogP contribution in [0.5, 0.6) is 0 Å². The predicted molar refractivity (Wildman–Crippen MR) is 85.3 cm³/mol. The number of benzene rings is 1. The summed E-state index contributed by atoms with van der Waals surface area (Å²) in [7, 11) is -1.64. The first-order chi connectivity index (χ1) is 9.66. The molecule has 0 N–H and O–H groups in total. The van der Waals surface area contributed by atoms with E-state index in [1.165, 1.54) is 0 Å². The molecular formula is C15H20O3S2. The Kier molecular flexibility index (Phi) is 5.98. The van der Waals surface area contributed by atoms with Crippen LogP contribution in [0.15, 0.2) is 36.6 Å². The highest BCUT2D eigenvalue weighted by atomic mass is 32.2. The van der Waals surface area contributed by atoms with E-state index in [4.69, 9.17) is 4.74 Å². The van der Waals surface area contributed by atoms with Crippen LogP contribution in [0.2, 0.25) is 0 Å². The molecule has 0 aromatic heterocycles. The highest BCUT2D eigenvalue weighted by Crippen LogP contribution is 2.14. The molecule has 1 heterocycles. The predicted octanol–water partition coefficient (Wildman–Crippen LogP) is 2.33. The Bertz CT molecular complexity index is 511. The summed E-state index contributed by atoms with van der Waals surface area (Å²) in [5, 5.41) is 0.0232. The van der Waals surface area contributed by atoms with Crippen molar-refractivity contribution in [1.82, 2.24) is 0 Å². The molecule has 0 amide bonds. The minimum absolute atomic E-state index is 0.0232. The van der Waals surface area contributed by atoms with Crippen molar-refractivity contribution in [3.05, 3.63) is 42.2 Å². The van der Waals surface area contributed by atoms with Crippen LogP contribution in [0.25, 0.3) is 5.57 Å². The quantitative estimate of drug-likeness (QED) is 0.619. The lowest BCUT2D eigenvalue weighted by molar-refractivity contribution is 0.246. The van der Waals surface area contributed by atoms with Crippen LogP contribution in [0.1, 0.15) is 18.9 Å². The van der Waals surface area contributed by atoms with Gasteiger partial charge in [-0.1, -0.05) is 30.3 Å². The van der Waals surface area contributed by atoms with Crippen molar-refractivity contribution in [2.24, 2.45) is 0 Å². The fourth-order valence-corrected chi connectivity index (χ4v) is 5.98. The summed E-state index contributed by atoms with van der Waals surface area (Å²) in [6.45, 7) is 2.53. The highest BCUT2D eigenvalue weighted by molar-refractivity contribution is 7.92. The van der Waals surface area contributed by atoms with E-state index in [0.717, 1.165) is 11.1 Å². The van der Waals surface area contributed by atoms with E-state index >= 15 is 0 Å². The van der Waals surface area contributed by atoms with Crippen LogP contribution in [0.3, 0.4) is 0 Å². The first-order valence-corrected chi connectivity index (χ1v) is 9.60. The maximum Gasteiger partial charge on any atom is 0.0885 e. The summed E-state index contributed by atoms with van der Waals surface area (Å²) in [6, 6.07) is 10.0. The average molecular weight is 312 g/mol. The van der Waals surface area contributed by atoms with Crippen molar-refractivity contribution in [2.75, 3.05) is 23.9 Å². The Balaban J connectivity index is 1.78. The van der Waals surface area contributed by atoms with Gasteiger partial charge in [0.05, 0.1) is 12.9 Å². The Labute approximate surface area is 125 Å². The smallest absolute Gasteiger partial charge is 0.0885 e. The third kappa shape index (κ3) is 4.56. The van der Waals surface area contributed by atoms with Gasteiger partial charge >= 0.3 is 0 Å². The number of rotatable bonds is 5. The Hall–Kier alpha value is -0.940. The molecule has 1 saturated heterocycles. The van der Waals surface area contributed by atoms with Gasteiger partial charge in [0.25, 0.3) is 0 Å². The van der Waals surface area contributed by atoms with E-state index < -0.39 is 21.6 Å². The molecule has 1 aliphatic heterocycles. The Morgan fingerprint density at radius 2 is 2.05 bits per heavy atom. The van der Waals surface area contributed by atoms with Gasteiger partial charge in [-0.3, -0.25) is 8.42 Å².